The summed E-state index contributed by atoms with van der Waals surface area (Å²) in [6, 6.07) is 17.0. The second-order valence-corrected chi connectivity index (χ2v) is 8.83. The minimum absolute atomic E-state index is 0.360. The number of likely N-dealkylation sites (tertiary alicyclic amines) is 1. The van der Waals surface area contributed by atoms with Crippen LogP contribution < -0.4 is 4.74 Å². The molecule has 0 radical (unpaired) electrons. The molecule has 1 heterocycles. The van der Waals surface area contributed by atoms with Gasteiger partial charge in [0, 0.05) is 0 Å². The molecular weight excluding hydrogens is 382 g/mol. The molecule has 2 aromatic carbocycles. The second kappa shape index (κ2) is 8.38. The molecule has 30 heavy (non-hydrogen) atoms. The lowest BCUT2D eigenvalue weighted by molar-refractivity contribution is -0.149. The number of carbonyl (C=O) groups is 2. The number of carboxylic acid groups (broad SMARTS) is 1. The van der Waals surface area contributed by atoms with Crippen molar-refractivity contribution in [2.75, 3.05) is 0 Å². The van der Waals surface area contributed by atoms with Crippen molar-refractivity contribution in [3.8, 4) is 5.75 Å². The Morgan fingerprint density at radius 3 is 2.30 bits per heavy atom. The maximum Gasteiger partial charge on any atom is 0.411 e. The Labute approximate surface area is 177 Å². The summed E-state index contributed by atoms with van der Waals surface area (Å²) in [5, 5.41) is 9.81. The molecule has 1 aliphatic rings. The van der Waals surface area contributed by atoms with Crippen LogP contribution in [0.15, 0.2) is 54.6 Å². The third-order valence-electron chi connectivity index (χ3n) is 5.31. The molecule has 1 fully saturated rings. The van der Waals surface area contributed by atoms with E-state index in [1.54, 1.807) is 27.7 Å². The molecule has 0 unspecified atom stereocenters. The first kappa shape index (κ1) is 21.7. The Morgan fingerprint density at radius 2 is 1.73 bits per heavy atom. The molecule has 160 valence electrons. The van der Waals surface area contributed by atoms with Crippen LogP contribution in [-0.2, 0) is 16.1 Å². The number of hydrogen-bond acceptors (Lipinski definition) is 4. The van der Waals surface area contributed by atoms with Gasteiger partial charge >= 0.3 is 12.1 Å². The van der Waals surface area contributed by atoms with Crippen molar-refractivity contribution >= 4 is 12.1 Å². The predicted octanol–water partition coefficient (Wildman–Crippen LogP) is 5.18. The highest BCUT2D eigenvalue weighted by molar-refractivity contribution is 5.85. The number of hydrogen-bond donors (Lipinski definition) is 1. The predicted molar refractivity (Wildman–Crippen MR) is 113 cm³/mol. The Morgan fingerprint density at radius 1 is 1.10 bits per heavy atom. The molecule has 6 heteroatoms. The fraction of sp³-hybridized carbons (Fsp3) is 0.417. The standard InChI is InChI=1S/C24H29NO5/c1-23(2,3)30-22(28)25-20(14-15-24(25,4)21(26)27)18-10-12-19(13-11-18)29-16-17-8-6-5-7-9-17/h5-13,20H,14-16H2,1-4H3,(H,26,27)/t20-,24-/m0/s1. The van der Waals surface area contributed by atoms with Crippen LogP contribution in [0.2, 0.25) is 0 Å². The Hall–Kier alpha value is -3.02. The zero-order chi connectivity index (χ0) is 21.9. The molecular formula is C24H29NO5. The average Bonchev–Trinajstić information content (AvgIpc) is 3.05. The molecule has 1 amide bonds. The van der Waals surface area contributed by atoms with E-state index in [2.05, 4.69) is 0 Å². The quantitative estimate of drug-likeness (QED) is 0.734. The number of aliphatic carboxylic acids is 1. The van der Waals surface area contributed by atoms with Crippen LogP contribution in [-0.4, -0.2) is 33.2 Å². The van der Waals surface area contributed by atoms with Gasteiger partial charge in [0.25, 0.3) is 0 Å². The van der Waals surface area contributed by atoms with E-state index < -0.39 is 23.2 Å². The van der Waals surface area contributed by atoms with Gasteiger partial charge in [-0.3, -0.25) is 4.90 Å². The van der Waals surface area contributed by atoms with Crippen LogP contribution >= 0.6 is 0 Å². The molecule has 0 spiro atoms. The van der Waals surface area contributed by atoms with E-state index >= 15 is 0 Å². The van der Waals surface area contributed by atoms with Crippen LogP contribution in [0.4, 0.5) is 4.79 Å². The van der Waals surface area contributed by atoms with Gasteiger partial charge in [-0.1, -0.05) is 42.5 Å². The van der Waals surface area contributed by atoms with E-state index in [0.29, 0.717) is 25.2 Å². The molecule has 2 atom stereocenters. The van der Waals surface area contributed by atoms with Gasteiger partial charge in [-0.25, -0.2) is 9.59 Å². The first-order chi connectivity index (χ1) is 14.1. The number of nitrogens with zero attached hydrogens (tertiary/aromatic N) is 1. The third kappa shape index (κ3) is 4.75. The lowest BCUT2D eigenvalue weighted by Gasteiger charge is -2.36. The molecule has 0 aromatic heterocycles. The molecule has 2 aromatic rings. The van der Waals surface area contributed by atoms with Crippen molar-refractivity contribution in [3.05, 3.63) is 65.7 Å². The molecule has 1 N–H and O–H groups in total. The maximum atomic E-state index is 12.9. The zero-order valence-electron chi connectivity index (χ0n) is 17.9. The van der Waals surface area contributed by atoms with E-state index in [4.69, 9.17) is 9.47 Å². The van der Waals surface area contributed by atoms with Crippen molar-refractivity contribution in [1.29, 1.82) is 0 Å². The van der Waals surface area contributed by atoms with Gasteiger partial charge in [0.15, 0.2) is 0 Å². The highest BCUT2D eigenvalue weighted by Gasteiger charge is 2.52. The largest absolute Gasteiger partial charge is 0.489 e. The Kier molecular flexibility index (Phi) is 6.06. The Balaban J connectivity index is 1.78. The summed E-state index contributed by atoms with van der Waals surface area (Å²) in [6.07, 6.45) is 0.296. The number of benzene rings is 2. The smallest absolute Gasteiger partial charge is 0.411 e. The van der Waals surface area contributed by atoms with E-state index in [9.17, 15) is 14.7 Å². The van der Waals surface area contributed by atoms with E-state index in [1.165, 1.54) is 4.90 Å². The van der Waals surface area contributed by atoms with Crippen molar-refractivity contribution in [2.24, 2.45) is 0 Å². The van der Waals surface area contributed by atoms with Crippen LogP contribution in [0, 0.1) is 0 Å². The first-order valence-electron chi connectivity index (χ1n) is 10.1. The van der Waals surface area contributed by atoms with Crippen LogP contribution in [0.5, 0.6) is 5.75 Å². The monoisotopic (exact) mass is 411 g/mol. The van der Waals surface area contributed by atoms with E-state index in [1.807, 2.05) is 54.6 Å². The fourth-order valence-electron chi connectivity index (χ4n) is 3.70. The second-order valence-electron chi connectivity index (χ2n) is 8.83. The fourth-order valence-corrected chi connectivity index (χ4v) is 3.70. The normalized spacial score (nSPS) is 21.3. The van der Waals surface area contributed by atoms with Crippen LogP contribution in [0.25, 0.3) is 0 Å². The summed E-state index contributed by atoms with van der Waals surface area (Å²) >= 11 is 0. The van der Waals surface area contributed by atoms with Gasteiger partial charge in [-0.15, -0.1) is 0 Å². The molecule has 0 saturated carbocycles. The first-order valence-corrected chi connectivity index (χ1v) is 10.1. The van der Waals surface area contributed by atoms with Crippen molar-refractivity contribution in [1.82, 2.24) is 4.90 Å². The molecule has 1 saturated heterocycles. The minimum Gasteiger partial charge on any atom is -0.489 e. The van der Waals surface area contributed by atoms with Gasteiger partial charge in [-0.05, 0) is 63.8 Å². The lowest BCUT2D eigenvalue weighted by atomic mass is 9.99. The van der Waals surface area contributed by atoms with Gasteiger partial charge in [0.05, 0.1) is 6.04 Å². The molecule has 0 aliphatic carbocycles. The number of carbonyl (C=O) groups excluding carboxylic acids is 1. The molecule has 1 aliphatic heterocycles. The average molecular weight is 411 g/mol. The summed E-state index contributed by atoms with van der Waals surface area (Å²) in [7, 11) is 0. The number of carboxylic acids is 1. The van der Waals surface area contributed by atoms with E-state index in [-0.39, 0.29) is 6.04 Å². The third-order valence-corrected chi connectivity index (χ3v) is 5.31. The van der Waals surface area contributed by atoms with Crippen molar-refractivity contribution in [2.45, 2.75) is 64.3 Å². The summed E-state index contributed by atoms with van der Waals surface area (Å²) in [6.45, 7) is 7.36. The molecule has 3 rings (SSSR count). The minimum atomic E-state index is -1.31. The molecule has 0 bridgehead atoms. The zero-order valence-corrected chi connectivity index (χ0v) is 17.9. The van der Waals surface area contributed by atoms with E-state index in [0.717, 1.165) is 11.1 Å². The van der Waals surface area contributed by atoms with Crippen LogP contribution in [0.1, 0.15) is 57.7 Å². The number of ether oxygens (including phenoxy) is 2. The summed E-state index contributed by atoms with van der Waals surface area (Å²) in [5.74, 6) is -0.316. The van der Waals surface area contributed by atoms with Crippen molar-refractivity contribution < 1.29 is 24.2 Å². The van der Waals surface area contributed by atoms with Gasteiger partial charge in [0.1, 0.15) is 23.5 Å². The lowest BCUT2D eigenvalue weighted by Crippen LogP contribution is -2.52. The maximum absolute atomic E-state index is 12.9. The number of rotatable bonds is 5. The SMILES string of the molecule is CC(C)(C)OC(=O)N1[C@H](c2ccc(OCc3ccccc3)cc2)CC[C@@]1(C)C(=O)O. The number of amides is 1. The molecule has 6 nitrogen and oxygen atoms in total. The summed E-state index contributed by atoms with van der Waals surface area (Å²) in [4.78, 5) is 26.3. The van der Waals surface area contributed by atoms with Crippen molar-refractivity contribution in [3.63, 3.8) is 0 Å². The van der Waals surface area contributed by atoms with Gasteiger partial charge in [0.2, 0.25) is 0 Å². The topological polar surface area (TPSA) is 76.1 Å². The summed E-state index contributed by atoms with van der Waals surface area (Å²) < 4.78 is 11.4. The highest BCUT2D eigenvalue weighted by atomic mass is 16.6. The van der Waals surface area contributed by atoms with Gasteiger partial charge < -0.3 is 14.6 Å². The highest BCUT2D eigenvalue weighted by Crippen LogP contribution is 2.44. The van der Waals surface area contributed by atoms with Gasteiger partial charge in [-0.2, -0.15) is 0 Å². The van der Waals surface area contributed by atoms with Crippen LogP contribution in [0.3, 0.4) is 0 Å². The Bertz CT molecular complexity index is 888. The summed E-state index contributed by atoms with van der Waals surface area (Å²) in [5.41, 5.74) is -0.0857.